The quantitative estimate of drug-likeness (QED) is 0.466. The first-order chi connectivity index (χ1) is 14.4. The average Bonchev–Trinajstić information content (AvgIpc) is 3.22. The minimum absolute atomic E-state index is 0.0421. The second-order valence-corrected chi connectivity index (χ2v) is 7.74. The maximum Gasteiger partial charge on any atom is 0.306 e. The Bertz CT molecular complexity index is 1200. The van der Waals surface area contributed by atoms with Crippen LogP contribution in [-0.2, 0) is 35.8 Å². The normalized spacial score (nSPS) is 13.8. The molecule has 0 N–H and O–H groups in total. The first kappa shape index (κ1) is 20.0. The topological polar surface area (TPSA) is 78.3 Å². The van der Waals surface area contributed by atoms with E-state index in [1.165, 1.54) is 15.7 Å². The Morgan fingerprint density at radius 2 is 1.90 bits per heavy atom. The molecule has 0 spiro atoms. The second-order valence-electron chi connectivity index (χ2n) is 7.74. The van der Waals surface area contributed by atoms with Crippen LogP contribution in [0.1, 0.15) is 47.1 Å². The number of esters is 1. The van der Waals surface area contributed by atoms with Gasteiger partial charge in [0.05, 0.1) is 17.3 Å². The molecule has 1 aliphatic carbocycles. The number of nitrogens with zero attached hydrogens (tertiary/aromatic N) is 2. The number of aromatic nitrogens is 2. The third kappa shape index (κ3) is 3.90. The van der Waals surface area contributed by atoms with E-state index in [4.69, 9.17) is 4.74 Å². The standard InChI is InChI=1S/C24H24N2O4/c1-15(23(28)18-11-10-16-6-5-7-17(16)14-18)30-22(27)13-12-21-25-20-9-4-3-8-19(20)24(29)26(21)2/h3-4,8-11,14-15H,5-7,12-13H2,1-2H3. The summed E-state index contributed by atoms with van der Waals surface area (Å²) in [5.41, 5.74) is 3.54. The Morgan fingerprint density at radius 1 is 1.13 bits per heavy atom. The van der Waals surface area contributed by atoms with Crippen LogP contribution in [0.25, 0.3) is 10.9 Å². The van der Waals surface area contributed by atoms with E-state index in [1.54, 1.807) is 32.2 Å². The van der Waals surface area contributed by atoms with Crippen LogP contribution in [0, 0.1) is 0 Å². The van der Waals surface area contributed by atoms with Gasteiger partial charge in [0.25, 0.3) is 5.56 Å². The molecule has 0 amide bonds. The molecule has 3 aromatic rings. The summed E-state index contributed by atoms with van der Waals surface area (Å²) in [4.78, 5) is 41.9. The lowest BCUT2D eigenvalue weighted by Crippen LogP contribution is -2.26. The highest BCUT2D eigenvalue weighted by molar-refractivity contribution is 6.00. The molecule has 0 bridgehead atoms. The number of Topliss-reactive ketones (excluding diaryl/α,β-unsaturated/α-hetero) is 1. The van der Waals surface area contributed by atoms with E-state index in [0.717, 1.165) is 19.3 Å². The molecule has 30 heavy (non-hydrogen) atoms. The van der Waals surface area contributed by atoms with Crippen molar-refractivity contribution in [3.05, 3.63) is 75.3 Å². The molecular weight excluding hydrogens is 380 g/mol. The Labute approximate surface area is 174 Å². The van der Waals surface area contributed by atoms with Crippen molar-refractivity contribution in [2.75, 3.05) is 0 Å². The molecule has 0 saturated carbocycles. The molecule has 0 radical (unpaired) electrons. The summed E-state index contributed by atoms with van der Waals surface area (Å²) in [7, 11) is 1.64. The van der Waals surface area contributed by atoms with Gasteiger partial charge >= 0.3 is 5.97 Å². The van der Waals surface area contributed by atoms with Gasteiger partial charge in [-0.25, -0.2) is 4.98 Å². The lowest BCUT2D eigenvalue weighted by molar-refractivity contribution is -0.146. The monoisotopic (exact) mass is 404 g/mol. The zero-order valence-electron chi connectivity index (χ0n) is 17.2. The summed E-state index contributed by atoms with van der Waals surface area (Å²) >= 11 is 0. The van der Waals surface area contributed by atoms with E-state index in [1.807, 2.05) is 24.3 Å². The maximum atomic E-state index is 12.7. The van der Waals surface area contributed by atoms with Crippen LogP contribution in [-0.4, -0.2) is 27.4 Å². The third-order valence-corrected chi connectivity index (χ3v) is 5.69. The van der Waals surface area contributed by atoms with E-state index in [9.17, 15) is 14.4 Å². The smallest absolute Gasteiger partial charge is 0.306 e. The van der Waals surface area contributed by atoms with Gasteiger partial charge in [-0.2, -0.15) is 0 Å². The van der Waals surface area contributed by atoms with Crippen LogP contribution in [0.5, 0.6) is 0 Å². The molecule has 1 heterocycles. The van der Waals surface area contributed by atoms with Gasteiger partial charge in [0, 0.05) is 19.0 Å². The van der Waals surface area contributed by atoms with Crippen LogP contribution in [0.4, 0.5) is 0 Å². The van der Waals surface area contributed by atoms with Crippen LogP contribution < -0.4 is 5.56 Å². The van der Waals surface area contributed by atoms with Crippen LogP contribution in [0.3, 0.4) is 0 Å². The van der Waals surface area contributed by atoms with E-state index in [-0.39, 0.29) is 24.2 Å². The van der Waals surface area contributed by atoms with E-state index in [2.05, 4.69) is 4.98 Å². The SMILES string of the molecule is CC(OC(=O)CCc1nc2ccccc2c(=O)n1C)C(=O)c1ccc2c(c1)CCC2. The number of hydrogen-bond donors (Lipinski definition) is 0. The predicted octanol–water partition coefficient (Wildman–Crippen LogP) is 3.17. The summed E-state index contributed by atoms with van der Waals surface area (Å²) in [5, 5.41) is 0.542. The molecule has 0 saturated heterocycles. The van der Waals surface area contributed by atoms with Crippen molar-refractivity contribution in [1.29, 1.82) is 0 Å². The van der Waals surface area contributed by atoms with Crippen molar-refractivity contribution >= 4 is 22.7 Å². The number of ketones is 1. The van der Waals surface area contributed by atoms with Crippen LogP contribution in [0.15, 0.2) is 47.3 Å². The van der Waals surface area contributed by atoms with Crippen LogP contribution >= 0.6 is 0 Å². The average molecular weight is 404 g/mol. The first-order valence-corrected chi connectivity index (χ1v) is 10.2. The number of carbonyl (C=O) groups is 2. The zero-order chi connectivity index (χ0) is 21.3. The first-order valence-electron chi connectivity index (χ1n) is 10.2. The number of hydrogen-bond acceptors (Lipinski definition) is 5. The minimum atomic E-state index is -0.856. The van der Waals surface area contributed by atoms with Gasteiger partial charge < -0.3 is 4.74 Å². The summed E-state index contributed by atoms with van der Waals surface area (Å²) in [6.45, 7) is 1.59. The molecule has 1 unspecified atom stereocenters. The molecule has 2 aromatic carbocycles. The fourth-order valence-electron chi connectivity index (χ4n) is 3.97. The highest BCUT2D eigenvalue weighted by Gasteiger charge is 2.22. The number of benzene rings is 2. The maximum absolute atomic E-state index is 12.7. The van der Waals surface area contributed by atoms with Crippen molar-refractivity contribution in [3.8, 4) is 0 Å². The number of fused-ring (bicyclic) bond motifs is 2. The van der Waals surface area contributed by atoms with Gasteiger partial charge in [-0.1, -0.05) is 24.3 Å². The molecule has 0 fully saturated rings. The molecule has 4 rings (SSSR count). The molecule has 6 heteroatoms. The zero-order valence-corrected chi connectivity index (χ0v) is 17.2. The molecule has 1 aromatic heterocycles. The van der Waals surface area contributed by atoms with Gasteiger partial charge in [-0.05, 0) is 55.5 Å². The van der Waals surface area contributed by atoms with Crippen molar-refractivity contribution in [3.63, 3.8) is 0 Å². The number of aryl methyl sites for hydroxylation is 3. The van der Waals surface area contributed by atoms with Gasteiger partial charge in [0.1, 0.15) is 5.82 Å². The van der Waals surface area contributed by atoms with Gasteiger partial charge in [-0.3, -0.25) is 19.0 Å². The fourth-order valence-corrected chi connectivity index (χ4v) is 3.97. The van der Waals surface area contributed by atoms with E-state index >= 15 is 0 Å². The van der Waals surface area contributed by atoms with Crippen molar-refractivity contribution in [2.45, 2.75) is 45.1 Å². The Balaban J connectivity index is 1.40. The van der Waals surface area contributed by atoms with E-state index < -0.39 is 12.1 Å². The van der Waals surface area contributed by atoms with Crippen LogP contribution in [0.2, 0.25) is 0 Å². The number of rotatable bonds is 6. The predicted molar refractivity (Wildman–Crippen MR) is 114 cm³/mol. The summed E-state index contributed by atoms with van der Waals surface area (Å²) < 4.78 is 6.81. The third-order valence-electron chi connectivity index (χ3n) is 5.69. The highest BCUT2D eigenvalue weighted by Crippen LogP contribution is 2.23. The molecule has 6 nitrogen and oxygen atoms in total. The Morgan fingerprint density at radius 3 is 2.73 bits per heavy atom. The number of carbonyl (C=O) groups excluding carboxylic acids is 2. The molecule has 1 aliphatic rings. The molecule has 154 valence electrons. The van der Waals surface area contributed by atoms with Gasteiger partial charge in [0.2, 0.25) is 5.78 Å². The fraction of sp³-hybridized carbons (Fsp3) is 0.333. The Hall–Kier alpha value is -3.28. The molecular formula is C24H24N2O4. The van der Waals surface area contributed by atoms with Gasteiger partial charge in [-0.15, -0.1) is 0 Å². The van der Waals surface area contributed by atoms with Crippen molar-refractivity contribution in [2.24, 2.45) is 7.05 Å². The largest absolute Gasteiger partial charge is 0.454 e. The summed E-state index contributed by atoms with van der Waals surface area (Å²) in [6, 6.07) is 12.8. The second kappa shape index (κ2) is 8.22. The highest BCUT2D eigenvalue weighted by atomic mass is 16.5. The number of para-hydroxylation sites is 1. The molecule has 1 atom stereocenters. The van der Waals surface area contributed by atoms with Crippen molar-refractivity contribution < 1.29 is 14.3 Å². The van der Waals surface area contributed by atoms with E-state index in [0.29, 0.717) is 22.3 Å². The number of ether oxygens (including phenoxy) is 1. The molecule has 0 aliphatic heterocycles. The Kier molecular flexibility index (Phi) is 5.48. The van der Waals surface area contributed by atoms with Crippen molar-refractivity contribution in [1.82, 2.24) is 9.55 Å². The summed E-state index contributed by atoms with van der Waals surface area (Å²) in [6.07, 6.45) is 2.60. The van der Waals surface area contributed by atoms with Gasteiger partial charge in [0.15, 0.2) is 6.10 Å². The summed E-state index contributed by atoms with van der Waals surface area (Å²) in [5.74, 6) is -0.179. The minimum Gasteiger partial charge on any atom is -0.454 e. The lowest BCUT2D eigenvalue weighted by Gasteiger charge is -2.14. The lowest BCUT2D eigenvalue weighted by atomic mass is 10.0.